The van der Waals surface area contributed by atoms with Gasteiger partial charge in [-0.05, 0) is 38.0 Å². The lowest BCUT2D eigenvalue weighted by atomic mass is 10.2. The van der Waals surface area contributed by atoms with E-state index in [1.165, 1.54) is 23.1 Å². The largest absolute Gasteiger partial charge is 0.510 e. The quantitative estimate of drug-likeness (QED) is 0.344. The van der Waals surface area contributed by atoms with Crippen LogP contribution in [0.3, 0.4) is 0 Å². The summed E-state index contributed by atoms with van der Waals surface area (Å²) in [5.74, 6) is 1.76. The predicted molar refractivity (Wildman–Crippen MR) is 108 cm³/mol. The highest BCUT2D eigenvalue weighted by Crippen LogP contribution is 2.40. The molecule has 1 fully saturated rings. The lowest BCUT2D eigenvalue weighted by Crippen LogP contribution is -2.02. The van der Waals surface area contributed by atoms with Gasteiger partial charge >= 0.3 is 0 Å². The summed E-state index contributed by atoms with van der Waals surface area (Å²) in [4.78, 5) is 4.44. The second-order valence-electron chi connectivity index (χ2n) is 6.21. The zero-order valence-corrected chi connectivity index (χ0v) is 16.9. The fraction of sp³-hybridized carbons (Fsp3) is 0.333. The number of allylic oxidation sites excluding steroid dienone is 1. The number of fused-ring (bicyclic) bond motifs is 1. The second-order valence-corrected chi connectivity index (χ2v) is 8.62. The minimum Gasteiger partial charge on any atom is -0.510 e. The van der Waals surface area contributed by atoms with E-state index in [0.29, 0.717) is 15.9 Å². The number of aliphatic hydroxyl groups is 1. The zero-order valence-electron chi connectivity index (χ0n) is 14.5. The fourth-order valence-corrected chi connectivity index (χ4v) is 4.81. The Morgan fingerprint density at radius 3 is 2.96 bits per heavy atom. The monoisotopic (exact) mass is 417 g/mol. The molecule has 0 unspecified atom stereocenters. The average molecular weight is 418 g/mol. The molecule has 0 aliphatic heterocycles. The molecule has 0 saturated heterocycles. The molecule has 0 bridgehead atoms. The minimum atomic E-state index is -0.00808. The normalized spacial score (nSPS) is 15.0. The first-order valence-corrected chi connectivity index (χ1v) is 10.7. The topological polar surface area (TPSA) is 87.6 Å². The summed E-state index contributed by atoms with van der Waals surface area (Å²) in [5.41, 5.74) is 0.903. The standard InChI is InChI=1S/C18H16ClN5OS2/c1-2-24-16(10-3-4-10)22-23-18(24)26-9-14(25)12(8-20)17-21-13-7-11(19)5-6-15(13)27-17/h5-7,10,25H,2-4,9H2,1H3. The van der Waals surface area contributed by atoms with Crippen molar-refractivity contribution < 1.29 is 5.11 Å². The number of hydrogen-bond donors (Lipinski definition) is 1. The van der Waals surface area contributed by atoms with E-state index in [0.717, 1.165) is 40.6 Å². The first kappa shape index (κ1) is 18.3. The van der Waals surface area contributed by atoms with Gasteiger partial charge in [-0.1, -0.05) is 23.4 Å². The van der Waals surface area contributed by atoms with Crippen LogP contribution < -0.4 is 0 Å². The Hall–Kier alpha value is -2.08. The summed E-state index contributed by atoms with van der Waals surface area (Å²) in [6.45, 7) is 2.84. The number of aliphatic hydroxyl groups excluding tert-OH is 1. The van der Waals surface area contributed by atoms with E-state index in [-0.39, 0.29) is 17.1 Å². The van der Waals surface area contributed by atoms with Gasteiger partial charge in [-0.25, -0.2) is 4.98 Å². The molecule has 138 valence electrons. The number of thiazole rings is 1. The molecule has 6 nitrogen and oxygen atoms in total. The highest BCUT2D eigenvalue weighted by Gasteiger charge is 2.30. The van der Waals surface area contributed by atoms with Gasteiger partial charge in [0.1, 0.15) is 28.2 Å². The van der Waals surface area contributed by atoms with Gasteiger partial charge in [0, 0.05) is 17.5 Å². The molecule has 1 saturated carbocycles. The van der Waals surface area contributed by atoms with Crippen molar-refractivity contribution in [3.8, 4) is 6.07 Å². The lowest BCUT2D eigenvalue weighted by Gasteiger charge is -2.06. The summed E-state index contributed by atoms with van der Waals surface area (Å²) < 4.78 is 3.00. The Balaban J connectivity index is 1.58. The molecule has 0 amide bonds. The van der Waals surface area contributed by atoms with E-state index in [1.54, 1.807) is 12.1 Å². The van der Waals surface area contributed by atoms with Gasteiger partial charge in [-0.3, -0.25) is 0 Å². The van der Waals surface area contributed by atoms with Crippen molar-refractivity contribution >= 4 is 50.5 Å². The maximum atomic E-state index is 10.5. The molecule has 0 spiro atoms. The van der Waals surface area contributed by atoms with Gasteiger partial charge in [0.15, 0.2) is 5.16 Å². The third-order valence-electron chi connectivity index (χ3n) is 4.31. The highest BCUT2D eigenvalue weighted by molar-refractivity contribution is 7.99. The summed E-state index contributed by atoms with van der Waals surface area (Å²) in [6, 6.07) is 7.48. The van der Waals surface area contributed by atoms with Gasteiger partial charge in [-0.2, -0.15) is 5.26 Å². The second kappa shape index (κ2) is 7.50. The van der Waals surface area contributed by atoms with Crippen LogP contribution >= 0.6 is 34.7 Å². The van der Waals surface area contributed by atoms with Crippen LogP contribution in [-0.2, 0) is 6.54 Å². The number of nitrogens with zero attached hydrogens (tertiary/aromatic N) is 5. The summed E-state index contributed by atoms with van der Waals surface area (Å²) >= 11 is 8.74. The van der Waals surface area contributed by atoms with Crippen LogP contribution in [0.4, 0.5) is 0 Å². The fourth-order valence-electron chi connectivity index (χ4n) is 2.80. The number of nitriles is 1. The Labute approximate surface area is 169 Å². The third kappa shape index (κ3) is 3.68. The van der Waals surface area contributed by atoms with E-state index in [1.807, 2.05) is 6.07 Å². The van der Waals surface area contributed by atoms with Crippen LogP contribution in [0, 0.1) is 11.3 Å². The Kier molecular flexibility index (Phi) is 5.08. The Bertz CT molecular complexity index is 1080. The molecular formula is C18H16ClN5OS2. The van der Waals surface area contributed by atoms with Gasteiger partial charge in [0.2, 0.25) is 0 Å². The smallest absolute Gasteiger partial charge is 0.191 e. The van der Waals surface area contributed by atoms with Gasteiger partial charge < -0.3 is 9.67 Å². The molecule has 9 heteroatoms. The van der Waals surface area contributed by atoms with Crippen molar-refractivity contribution in [3.63, 3.8) is 0 Å². The molecule has 0 radical (unpaired) electrons. The number of hydrogen-bond acceptors (Lipinski definition) is 7. The van der Waals surface area contributed by atoms with Crippen molar-refractivity contribution in [2.24, 2.45) is 0 Å². The summed E-state index contributed by atoms with van der Waals surface area (Å²) in [5, 5.41) is 30.4. The van der Waals surface area contributed by atoms with E-state index in [4.69, 9.17) is 11.6 Å². The van der Waals surface area contributed by atoms with E-state index >= 15 is 0 Å². The number of rotatable bonds is 6. The number of aromatic nitrogens is 4. The average Bonchev–Trinajstić information content (AvgIpc) is 3.29. The number of halogens is 1. The Morgan fingerprint density at radius 2 is 2.26 bits per heavy atom. The molecule has 4 rings (SSSR count). The van der Waals surface area contributed by atoms with E-state index in [2.05, 4.69) is 32.7 Å². The maximum Gasteiger partial charge on any atom is 0.191 e. The highest BCUT2D eigenvalue weighted by atomic mass is 35.5. The minimum absolute atomic E-state index is 0.00808. The van der Waals surface area contributed by atoms with E-state index < -0.39 is 0 Å². The lowest BCUT2D eigenvalue weighted by molar-refractivity contribution is 0.420. The predicted octanol–water partition coefficient (Wildman–Crippen LogP) is 5.02. The van der Waals surface area contributed by atoms with E-state index in [9.17, 15) is 10.4 Å². The molecule has 27 heavy (non-hydrogen) atoms. The molecular weight excluding hydrogens is 402 g/mol. The van der Waals surface area contributed by atoms with Crippen molar-refractivity contribution in [1.82, 2.24) is 19.7 Å². The third-order valence-corrected chi connectivity index (χ3v) is 6.57. The molecule has 2 heterocycles. The van der Waals surface area contributed by atoms with Crippen molar-refractivity contribution in [1.29, 1.82) is 5.26 Å². The summed E-state index contributed by atoms with van der Waals surface area (Å²) in [7, 11) is 0. The molecule has 0 atom stereocenters. The number of benzene rings is 1. The van der Waals surface area contributed by atoms with Gasteiger partial charge in [0.25, 0.3) is 0 Å². The zero-order chi connectivity index (χ0) is 19.0. The maximum absolute atomic E-state index is 10.5. The Morgan fingerprint density at radius 1 is 1.44 bits per heavy atom. The summed E-state index contributed by atoms with van der Waals surface area (Å²) in [6.07, 6.45) is 2.32. The van der Waals surface area contributed by atoms with Crippen LogP contribution in [-0.4, -0.2) is 30.6 Å². The molecule has 1 aliphatic rings. The van der Waals surface area contributed by atoms with Crippen LogP contribution in [0.5, 0.6) is 0 Å². The van der Waals surface area contributed by atoms with Gasteiger partial charge in [-0.15, -0.1) is 21.5 Å². The number of thioether (sulfide) groups is 1. The molecule has 1 aliphatic carbocycles. The first-order valence-electron chi connectivity index (χ1n) is 8.55. The van der Waals surface area contributed by atoms with Crippen LogP contribution in [0.25, 0.3) is 15.8 Å². The van der Waals surface area contributed by atoms with Crippen molar-refractivity contribution in [2.45, 2.75) is 37.4 Å². The SMILES string of the molecule is CCn1c(SCC(O)=C(C#N)c2nc3cc(Cl)ccc3s2)nnc1C1CC1. The van der Waals surface area contributed by atoms with Crippen LogP contribution in [0.1, 0.15) is 36.5 Å². The first-order chi connectivity index (χ1) is 13.1. The molecule has 1 N–H and O–H groups in total. The van der Waals surface area contributed by atoms with Crippen LogP contribution in [0.15, 0.2) is 29.1 Å². The van der Waals surface area contributed by atoms with Crippen molar-refractivity contribution in [3.05, 3.63) is 39.8 Å². The van der Waals surface area contributed by atoms with Crippen molar-refractivity contribution in [2.75, 3.05) is 5.75 Å². The van der Waals surface area contributed by atoms with Gasteiger partial charge in [0.05, 0.1) is 16.0 Å². The molecule has 1 aromatic carbocycles. The van der Waals surface area contributed by atoms with Crippen LogP contribution in [0.2, 0.25) is 5.02 Å². The molecule has 3 aromatic rings. The molecule has 2 aromatic heterocycles.